The summed E-state index contributed by atoms with van der Waals surface area (Å²) in [5, 5.41) is 17.0. The number of benzene rings is 1. The largest absolute Gasteiger partial charge is 0.496 e. The highest BCUT2D eigenvalue weighted by Crippen LogP contribution is 2.37. The number of hydrogen-bond donors (Lipinski definition) is 2. The zero-order valence-electron chi connectivity index (χ0n) is 14.7. The summed E-state index contributed by atoms with van der Waals surface area (Å²) in [6, 6.07) is 5.45. The van der Waals surface area contributed by atoms with Crippen LogP contribution >= 0.6 is 0 Å². The van der Waals surface area contributed by atoms with Crippen molar-refractivity contribution >= 4 is 5.91 Å². The van der Waals surface area contributed by atoms with Crippen molar-refractivity contribution in [2.45, 2.75) is 38.7 Å². The van der Waals surface area contributed by atoms with E-state index in [4.69, 9.17) is 9.26 Å². The lowest BCUT2D eigenvalue weighted by Gasteiger charge is -2.16. The number of hydrogen-bond acceptors (Lipinski definition) is 6. The maximum Gasteiger partial charge on any atom is 0.255 e. The predicted octanol–water partition coefficient (Wildman–Crippen LogP) is 1.98. The number of rotatable bonds is 5. The van der Waals surface area contributed by atoms with E-state index in [1.165, 1.54) is 0 Å². The maximum atomic E-state index is 12.4. The molecule has 7 heteroatoms. The molecule has 7 nitrogen and oxygen atoms in total. The SMILES string of the molecule is COc1cc(C)ccc1C(=O)NC[C@H]1C[C@H](c2nc(C)no2)C[C@H]1O. The molecular weight excluding hydrogens is 322 g/mol. The van der Waals surface area contributed by atoms with Gasteiger partial charge in [0.2, 0.25) is 5.89 Å². The summed E-state index contributed by atoms with van der Waals surface area (Å²) >= 11 is 0. The molecule has 1 aliphatic carbocycles. The number of carbonyl (C=O) groups excluding carboxylic acids is 1. The topological polar surface area (TPSA) is 97.5 Å². The number of carbonyl (C=O) groups is 1. The average Bonchev–Trinajstić information content (AvgIpc) is 3.18. The summed E-state index contributed by atoms with van der Waals surface area (Å²) in [5.74, 6) is 1.48. The fraction of sp³-hybridized carbons (Fsp3) is 0.500. The number of aryl methyl sites for hydroxylation is 2. The van der Waals surface area contributed by atoms with Gasteiger partial charge in [-0.2, -0.15) is 4.98 Å². The minimum Gasteiger partial charge on any atom is -0.496 e. The first-order valence-corrected chi connectivity index (χ1v) is 8.39. The molecule has 1 fully saturated rings. The van der Waals surface area contributed by atoms with E-state index in [1.807, 2.05) is 19.1 Å². The molecule has 1 aliphatic rings. The van der Waals surface area contributed by atoms with Crippen molar-refractivity contribution in [2.75, 3.05) is 13.7 Å². The predicted molar refractivity (Wildman–Crippen MR) is 90.6 cm³/mol. The molecule has 0 radical (unpaired) electrons. The van der Waals surface area contributed by atoms with Gasteiger partial charge >= 0.3 is 0 Å². The summed E-state index contributed by atoms with van der Waals surface area (Å²) in [6.07, 6.45) is 0.766. The van der Waals surface area contributed by atoms with E-state index in [2.05, 4.69) is 15.5 Å². The average molecular weight is 345 g/mol. The first-order chi connectivity index (χ1) is 12.0. The zero-order valence-corrected chi connectivity index (χ0v) is 14.7. The van der Waals surface area contributed by atoms with E-state index in [0.717, 1.165) is 5.56 Å². The summed E-state index contributed by atoms with van der Waals surface area (Å²) in [7, 11) is 1.54. The number of ether oxygens (including phenoxy) is 1. The Morgan fingerprint density at radius 1 is 1.40 bits per heavy atom. The fourth-order valence-corrected chi connectivity index (χ4v) is 3.31. The molecule has 0 spiro atoms. The third-order valence-corrected chi connectivity index (χ3v) is 4.68. The first kappa shape index (κ1) is 17.4. The first-order valence-electron chi connectivity index (χ1n) is 8.39. The number of amides is 1. The quantitative estimate of drug-likeness (QED) is 0.860. The van der Waals surface area contributed by atoms with Crippen LogP contribution in [0, 0.1) is 19.8 Å². The lowest BCUT2D eigenvalue weighted by molar-refractivity contribution is 0.0914. The second-order valence-corrected chi connectivity index (χ2v) is 6.59. The van der Waals surface area contributed by atoms with Crippen LogP contribution in [-0.4, -0.2) is 40.9 Å². The fourth-order valence-electron chi connectivity index (χ4n) is 3.31. The van der Waals surface area contributed by atoms with Gasteiger partial charge in [-0.3, -0.25) is 4.79 Å². The molecule has 0 unspecified atom stereocenters. The molecule has 2 N–H and O–H groups in total. The van der Waals surface area contributed by atoms with Crippen LogP contribution in [0.1, 0.15) is 46.4 Å². The number of nitrogens with one attached hydrogen (secondary N) is 1. The van der Waals surface area contributed by atoms with Crippen LogP contribution in [0.4, 0.5) is 0 Å². The number of methoxy groups -OCH3 is 1. The molecule has 1 aromatic heterocycles. The van der Waals surface area contributed by atoms with Crippen molar-refractivity contribution in [3.8, 4) is 5.75 Å². The van der Waals surface area contributed by atoms with Crippen molar-refractivity contribution in [1.82, 2.24) is 15.5 Å². The molecule has 1 amide bonds. The van der Waals surface area contributed by atoms with E-state index in [0.29, 0.717) is 42.4 Å². The molecule has 134 valence electrons. The van der Waals surface area contributed by atoms with Gasteiger partial charge in [-0.25, -0.2) is 0 Å². The molecule has 1 saturated carbocycles. The minimum absolute atomic E-state index is 0.0343. The second-order valence-electron chi connectivity index (χ2n) is 6.59. The number of aromatic nitrogens is 2. The van der Waals surface area contributed by atoms with Gasteiger partial charge in [0.05, 0.1) is 18.8 Å². The van der Waals surface area contributed by atoms with Gasteiger partial charge in [0.15, 0.2) is 5.82 Å². The van der Waals surface area contributed by atoms with E-state index >= 15 is 0 Å². The van der Waals surface area contributed by atoms with Gasteiger partial charge in [0.25, 0.3) is 5.91 Å². The lowest BCUT2D eigenvalue weighted by atomic mass is 10.0. The van der Waals surface area contributed by atoms with E-state index in [9.17, 15) is 9.90 Å². The second kappa shape index (κ2) is 7.23. The molecule has 1 heterocycles. The third kappa shape index (κ3) is 3.82. The van der Waals surface area contributed by atoms with Gasteiger partial charge in [-0.15, -0.1) is 0 Å². The Balaban J connectivity index is 1.61. The van der Waals surface area contributed by atoms with Crippen molar-refractivity contribution in [3.05, 3.63) is 41.0 Å². The molecule has 3 rings (SSSR count). The molecule has 25 heavy (non-hydrogen) atoms. The third-order valence-electron chi connectivity index (χ3n) is 4.68. The number of aliphatic hydroxyl groups is 1. The molecule has 0 saturated heterocycles. The van der Waals surface area contributed by atoms with Crippen LogP contribution < -0.4 is 10.1 Å². The van der Waals surface area contributed by atoms with Gasteiger partial charge in [0.1, 0.15) is 5.75 Å². The highest BCUT2D eigenvalue weighted by atomic mass is 16.5. The Hall–Kier alpha value is -2.41. The smallest absolute Gasteiger partial charge is 0.255 e. The maximum absolute atomic E-state index is 12.4. The van der Waals surface area contributed by atoms with Gasteiger partial charge in [-0.05, 0) is 44.4 Å². The molecule has 0 bridgehead atoms. The summed E-state index contributed by atoms with van der Waals surface area (Å²) in [4.78, 5) is 16.7. The Labute approximate surface area is 146 Å². The van der Waals surface area contributed by atoms with E-state index < -0.39 is 6.10 Å². The molecule has 1 aromatic carbocycles. The van der Waals surface area contributed by atoms with Crippen LogP contribution in [0.2, 0.25) is 0 Å². The van der Waals surface area contributed by atoms with Crippen LogP contribution in [-0.2, 0) is 0 Å². The monoisotopic (exact) mass is 345 g/mol. The van der Waals surface area contributed by atoms with Crippen LogP contribution in [0.3, 0.4) is 0 Å². The highest BCUT2D eigenvalue weighted by Gasteiger charge is 2.36. The zero-order chi connectivity index (χ0) is 18.0. The minimum atomic E-state index is -0.502. The standard InChI is InChI=1S/C18H23N3O4/c1-10-4-5-14(16(6-10)24-3)17(23)19-9-13-7-12(8-15(13)22)18-20-11(2)21-25-18/h4-6,12-13,15,22H,7-9H2,1-3H3,(H,19,23)/t12-,13+,15+/m0/s1. The lowest BCUT2D eigenvalue weighted by Crippen LogP contribution is -2.32. The Morgan fingerprint density at radius 3 is 2.88 bits per heavy atom. The Morgan fingerprint density at radius 2 is 2.20 bits per heavy atom. The van der Waals surface area contributed by atoms with Crippen molar-refractivity contribution in [2.24, 2.45) is 5.92 Å². The molecule has 0 aliphatic heterocycles. The van der Waals surface area contributed by atoms with Gasteiger partial charge in [-0.1, -0.05) is 11.2 Å². The van der Waals surface area contributed by atoms with Crippen LogP contribution in [0.15, 0.2) is 22.7 Å². The van der Waals surface area contributed by atoms with Crippen molar-refractivity contribution < 1.29 is 19.2 Å². The molecular formula is C18H23N3O4. The number of aliphatic hydroxyl groups excluding tert-OH is 1. The summed E-state index contributed by atoms with van der Waals surface area (Å²) in [5.41, 5.74) is 1.52. The highest BCUT2D eigenvalue weighted by molar-refractivity contribution is 5.97. The Bertz CT molecular complexity index is 759. The summed E-state index contributed by atoms with van der Waals surface area (Å²) < 4.78 is 10.5. The van der Waals surface area contributed by atoms with Gasteiger partial charge in [0, 0.05) is 18.4 Å². The van der Waals surface area contributed by atoms with Crippen molar-refractivity contribution in [3.63, 3.8) is 0 Å². The van der Waals surface area contributed by atoms with Gasteiger partial charge < -0.3 is 19.7 Å². The molecule has 3 atom stereocenters. The van der Waals surface area contributed by atoms with E-state index in [-0.39, 0.29) is 17.7 Å². The van der Waals surface area contributed by atoms with Crippen LogP contribution in [0.5, 0.6) is 5.75 Å². The number of nitrogens with zero attached hydrogens (tertiary/aromatic N) is 2. The summed E-state index contributed by atoms with van der Waals surface area (Å²) in [6.45, 7) is 4.10. The van der Waals surface area contributed by atoms with E-state index in [1.54, 1.807) is 20.1 Å². The van der Waals surface area contributed by atoms with Crippen molar-refractivity contribution in [1.29, 1.82) is 0 Å². The van der Waals surface area contributed by atoms with Crippen LogP contribution in [0.25, 0.3) is 0 Å². The normalized spacial score (nSPS) is 22.8. The Kier molecular flexibility index (Phi) is 5.03. The molecule has 2 aromatic rings.